The number of non-ortho nitro benzene ring substituents is 1. The monoisotopic (exact) mass is 277 g/mol. The molecule has 2 N–H and O–H groups in total. The summed E-state index contributed by atoms with van der Waals surface area (Å²) >= 11 is 0. The summed E-state index contributed by atoms with van der Waals surface area (Å²) in [6.07, 6.45) is 5.09. The predicted octanol–water partition coefficient (Wildman–Crippen LogP) is 3.87. The van der Waals surface area contributed by atoms with Crippen LogP contribution in [0.2, 0.25) is 0 Å². The van der Waals surface area contributed by atoms with Gasteiger partial charge in [0, 0.05) is 37.1 Å². The lowest BCUT2D eigenvalue weighted by Crippen LogP contribution is -2.20. The van der Waals surface area contributed by atoms with Gasteiger partial charge in [0.1, 0.15) is 0 Å². The van der Waals surface area contributed by atoms with E-state index in [0.717, 1.165) is 23.8 Å². The number of hydrogen-bond donors (Lipinski definition) is 2. The third-order valence-electron chi connectivity index (χ3n) is 4.15. The summed E-state index contributed by atoms with van der Waals surface area (Å²) in [5.74, 6) is 1.53. The Bertz CT molecular complexity index is 468. The highest BCUT2D eigenvalue weighted by Gasteiger charge is 2.18. The van der Waals surface area contributed by atoms with Crippen LogP contribution in [-0.2, 0) is 0 Å². The van der Waals surface area contributed by atoms with Crippen molar-refractivity contribution in [1.82, 2.24) is 0 Å². The lowest BCUT2D eigenvalue weighted by Gasteiger charge is -2.26. The standard InChI is InChI=1S/C15H23N3O2/c1-11-3-5-12(6-4-11)10-17-14-7-13(16-2)8-15(9-14)18(19)20/h7-9,11-12,16-17H,3-6,10H2,1-2H3. The van der Waals surface area contributed by atoms with Gasteiger partial charge in [0.25, 0.3) is 5.69 Å². The van der Waals surface area contributed by atoms with Crippen LogP contribution in [-0.4, -0.2) is 18.5 Å². The lowest BCUT2D eigenvalue weighted by molar-refractivity contribution is -0.384. The number of hydrogen-bond acceptors (Lipinski definition) is 4. The van der Waals surface area contributed by atoms with E-state index in [1.54, 1.807) is 19.2 Å². The molecule has 0 saturated heterocycles. The van der Waals surface area contributed by atoms with E-state index in [-0.39, 0.29) is 10.6 Å². The van der Waals surface area contributed by atoms with Gasteiger partial charge < -0.3 is 10.6 Å². The zero-order chi connectivity index (χ0) is 14.5. The van der Waals surface area contributed by atoms with Gasteiger partial charge >= 0.3 is 0 Å². The molecule has 0 aliphatic heterocycles. The third kappa shape index (κ3) is 3.85. The zero-order valence-electron chi connectivity index (χ0n) is 12.2. The number of benzene rings is 1. The first-order valence-electron chi connectivity index (χ1n) is 7.29. The molecular weight excluding hydrogens is 254 g/mol. The van der Waals surface area contributed by atoms with Crippen molar-refractivity contribution in [1.29, 1.82) is 0 Å². The van der Waals surface area contributed by atoms with Crippen LogP contribution in [0.5, 0.6) is 0 Å². The molecule has 0 aromatic heterocycles. The number of nitrogens with one attached hydrogen (secondary N) is 2. The van der Waals surface area contributed by atoms with Crippen LogP contribution in [0.15, 0.2) is 18.2 Å². The highest BCUT2D eigenvalue weighted by molar-refractivity contribution is 5.63. The van der Waals surface area contributed by atoms with E-state index in [4.69, 9.17) is 0 Å². The average molecular weight is 277 g/mol. The van der Waals surface area contributed by atoms with Gasteiger partial charge in [0.2, 0.25) is 0 Å². The molecule has 110 valence electrons. The number of anilines is 2. The van der Waals surface area contributed by atoms with Gasteiger partial charge in [-0.3, -0.25) is 10.1 Å². The Morgan fingerprint density at radius 2 is 1.85 bits per heavy atom. The minimum absolute atomic E-state index is 0.122. The SMILES string of the molecule is CNc1cc(NCC2CCC(C)CC2)cc([N+](=O)[O-])c1. The minimum Gasteiger partial charge on any atom is -0.388 e. The Hall–Kier alpha value is -1.78. The molecule has 1 fully saturated rings. The van der Waals surface area contributed by atoms with Gasteiger partial charge in [-0.15, -0.1) is 0 Å². The van der Waals surface area contributed by atoms with Crippen molar-refractivity contribution in [2.45, 2.75) is 32.6 Å². The van der Waals surface area contributed by atoms with Crippen molar-refractivity contribution < 1.29 is 4.92 Å². The minimum atomic E-state index is -0.353. The van der Waals surface area contributed by atoms with E-state index >= 15 is 0 Å². The van der Waals surface area contributed by atoms with Crippen LogP contribution in [0.3, 0.4) is 0 Å². The van der Waals surface area contributed by atoms with E-state index in [1.807, 2.05) is 6.07 Å². The molecule has 0 atom stereocenters. The number of nitro benzene ring substituents is 1. The second-order valence-corrected chi connectivity index (χ2v) is 5.78. The predicted molar refractivity (Wildman–Crippen MR) is 82.3 cm³/mol. The molecule has 1 aromatic carbocycles. The molecular formula is C15H23N3O2. The molecule has 2 rings (SSSR count). The summed E-state index contributed by atoms with van der Waals surface area (Å²) in [5, 5.41) is 17.2. The van der Waals surface area contributed by atoms with E-state index in [1.165, 1.54) is 25.7 Å². The molecule has 1 saturated carbocycles. The van der Waals surface area contributed by atoms with E-state index in [2.05, 4.69) is 17.6 Å². The summed E-state index contributed by atoms with van der Waals surface area (Å²) in [6.45, 7) is 3.21. The van der Waals surface area contributed by atoms with Crippen LogP contribution < -0.4 is 10.6 Å². The van der Waals surface area contributed by atoms with Crippen molar-refractivity contribution in [3.8, 4) is 0 Å². The number of nitro groups is 1. The Morgan fingerprint density at radius 1 is 1.20 bits per heavy atom. The first-order valence-corrected chi connectivity index (χ1v) is 7.29. The molecule has 0 amide bonds. The molecule has 0 heterocycles. The van der Waals surface area contributed by atoms with E-state index in [0.29, 0.717) is 5.92 Å². The first-order chi connectivity index (χ1) is 9.58. The average Bonchev–Trinajstić information content (AvgIpc) is 2.46. The number of nitrogens with zero attached hydrogens (tertiary/aromatic N) is 1. The fourth-order valence-electron chi connectivity index (χ4n) is 2.76. The fourth-order valence-corrected chi connectivity index (χ4v) is 2.76. The molecule has 0 unspecified atom stereocenters. The largest absolute Gasteiger partial charge is 0.388 e. The lowest BCUT2D eigenvalue weighted by atomic mass is 9.83. The molecule has 1 aliphatic carbocycles. The van der Waals surface area contributed by atoms with Crippen molar-refractivity contribution in [2.75, 3.05) is 24.2 Å². The molecule has 20 heavy (non-hydrogen) atoms. The Labute approximate surface area is 119 Å². The molecule has 0 bridgehead atoms. The van der Waals surface area contributed by atoms with Crippen LogP contribution in [0.1, 0.15) is 32.6 Å². The Kier molecular flexibility index (Phi) is 4.82. The van der Waals surface area contributed by atoms with Crippen LogP contribution >= 0.6 is 0 Å². The topological polar surface area (TPSA) is 67.2 Å². The molecule has 0 radical (unpaired) electrons. The highest BCUT2D eigenvalue weighted by Crippen LogP contribution is 2.29. The molecule has 5 heteroatoms. The van der Waals surface area contributed by atoms with Gasteiger partial charge in [-0.25, -0.2) is 0 Å². The van der Waals surface area contributed by atoms with Gasteiger partial charge in [-0.05, 0) is 30.7 Å². The summed E-state index contributed by atoms with van der Waals surface area (Å²) in [5.41, 5.74) is 1.71. The molecule has 1 aromatic rings. The maximum atomic E-state index is 10.9. The second-order valence-electron chi connectivity index (χ2n) is 5.78. The van der Waals surface area contributed by atoms with Crippen molar-refractivity contribution in [3.63, 3.8) is 0 Å². The molecule has 5 nitrogen and oxygen atoms in total. The summed E-state index contributed by atoms with van der Waals surface area (Å²) in [6, 6.07) is 5.07. The van der Waals surface area contributed by atoms with E-state index < -0.39 is 0 Å². The van der Waals surface area contributed by atoms with Crippen LogP contribution in [0, 0.1) is 22.0 Å². The quantitative estimate of drug-likeness (QED) is 0.633. The highest BCUT2D eigenvalue weighted by atomic mass is 16.6. The van der Waals surface area contributed by atoms with Crippen LogP contribution in [0.4, 0.5) is 17.1 Å². The summed E-state index contributed by atoms with van der Waals surface area (Å²) < 4.78 is 0. The van der Waals surface area contributed by atoms with Gasteiger partial charge in [-0.2, -0.15) is 0 Å². The van der Waals surface area contributed by atoms with Gasteiger partial charge in [0.05, 0.1) is 4.92 Å². The van der Waals surface area contributed by atoms with E-state index in [9.17, 15) is 10.1 Å². The van der Waals surface area contributed by atoms with Crippen molar-refractivity contribution in [3.05, 3.63) is 28.3 Å². The van der Waals surface area contributed by atoms with Crippen LogP contribution in [0.25, 0.3) is 0 Å². The molecule has 0 spiro atoms. The second kappa shape index (κ2) is 6.59. The summed E-state index contributed by atoms with van der Waals surface area (Å²) in [7, 11) is 1.77. The van der Waals surface area contributed by atoms with Gasteiger partial charge in [-0.1, -0.05) is 19.8 Å². The first kappa shape index (κ1) is 14.6. The smallest absolute Gasteiger partial charge is 0.273 e. The number of rotatable bonds is 5. The Morgan fingerprint density at radius 3 is 2.45 bits per heavy atom. The van der Waals surface area contributed by atoms with Crippen molar-refractivity contribution in [2.24, 2.45) is 11.8 Å². The maximum Gasteiger partial charge on any atom is 0.273 e. The normalized spacial score (nSPS) is 22.3. The summed E-state index contributed by atoms with van der Waals surface area (Å²) in [4.78, 5) is 10.6. The molecule has 1 aliphatic rings. The third-order valence-corrected chi connectivity index (χ3v) is 4.15. The van der Waals surface area contributed by atoms with Crippen molar-refractivity contribution >= 4 is 17.1 Å². The Balaban J connectivity index is 1.98. The fraction of sp³-hybridized carbons (Fsp3) is 0.600. The zero-order valence-corrected chi connectivity index (χ0v) is 12.2. The maximum absolute atomic E-state index is 10.9. The van der Waals surface area contributed by atoms with Gasteiger partial charge in [0.15, 0.2) is 0 Å².